The van der Waals surface area contributed by atoms with Crippen LogP contribution in [0.4, 0.5) is 0 Å². The molecule has 106 valence electrons. The lowest BCUT2D eigenvalue weighted by molar-refractivity contribution is -0.146. The fourth-order valence-electron chi connectivity index (χ4n) is 3.30. The largest absolute Gasteiger partial charge is 0.481 e. The van der Waals surface area contributed by atoms with Crippen molar-refractivity contribution >= 4 is 11.9 Å². The second-order valence-corrected chi connectivity index (χ2v) is 5.92. The van der Waals surface area contributed by atoms with Gasteiger partial charge in [-0.2, -0.15) is 0 Å². The summed E-state index contributed by atoms with van der Waals surface area (Å²) in [6.07, 6.45) is 8.02. The number of allylic oxidation sites excluding steroid dienone is 1. The molecular formula is C15H23NO3. The third-order valence-electron chi connectivity index (χ3n) is 4.33. The molecule has 4 nitrogen and oxygen atoms in total. The number of aliphatic carboxylic acids is 1. The highest BCUT2D eigenvalue weighted by Crippen LogP contribution is 2.36. The van der Waals surface area contributed by atoms with Crippen LogP contribution < -0.4 is 5.32 Å². The molecule has 0 aliphatic heterocycles. The summed E-state index contributed by atoms with van der Waals surface area (Å²) in [7, 11) is 0. The first-order valence-electron chi connectivity index (χ1n) is 7.26. The van der Waals surface area contributed by atoms with E-state index < -0.39 is 11.9 Å². The van der Waals surface area contributed by atoms with Gasteiger partial charge in [-0.05, 0) is 44.4 Å². The van der Waals surface area contributed by atoms with E-state index in [1.54, 1.807) is 0 Å². The standard InChI is InChI=1S/C15H23NO3/c1-10-8-12(13(9-10)15(18)19)14(17)16-7-6-11-4-2-3-5-11/h4,10,12-13H,2-3,5-9H2,1H3,(H,16,17)(H,18,19)/t10?,12-,13+/m0/s1. The van der Waals surface area contributed by atoms with Crippen molar-refractivity contribution in [3.63, 3.8) is 0 Å². The first-order chi connectivity index (χ1) is 9.08. The number of carboxylic acid groups (broad SMARTS) is 1. The maximum Gasteiger partial charge on any atom is 0.307 e. The fraction of sp³-hybridized carbons (Fsp3) is 0.733. The topological polar surface area (TPSA) is 66.4 Å². The van der Waals surface area contributed by atoms with Crippen molar-refractivity contribution in [2.75, 3.05) is 6.54 Å². The Kier molecular flexibility index (Phi) is 4.61. The number of hydrogen-bond acceptors (Lipinski definition) is 2. The fourth-order valence-corrected chi connectivity index (χ4v) is 3.30. The van der Waals surface area contributed by atoms with Crippen LogP contribution in [-0.4, -0.2) is 23.5 Å². The quantitative estimate of drug-likeness (QED) is 0.750. The molecule has 0 aromatic rings. The average molecular weight is 265 g/mol. The predicted molar refractivity (Wildman–Crippen MR) is 72.6 cm³/mol. The van der Waals surface area contributed by atoms with Crippen LogP contribution in [0.25, 0.3) is 0 Å². The molecule has 2 N–H and O–H groups in total. The van der Waals surface area contributed by atoms with Gasteiger partial charge in [0.15, 0.2) is 0 Å². The van der Waals surface area contributed by atoms with Crippen molar-refractivity contribution in [1.82, 2.24) is 5.32 Å². The molecule has 3 atom stereocenters. The van der Waals surface area contributed by atoms with Crippen LogP contribution in [0.1, 0.15) is 45.4 Å². The summed E-state index contributed by atoms with van der Waals surface area (Å²) < 4.78 is 0. The first kappa shape index (κ1) is 14.1. The second-order valence-electron chi connectivity index (χ2n) is 5.92. The number of hydrogen-bond donors (Lipinski definition) is 2. The Morgan fingerprint density at radius 2 is 2.11 bits per heavy atom. The van der Waals surface area contributed by atoms with Gasteiger partial charge in [0.1, 0.15) is 0 Å². The van der Waals surface area contributed by atoms with Crippen LogP contribution in [0.5, 0.6) is 0 Å². The molecule has 19 heavy (non-hydrogen) atoms. The third kappa shape index (κ3) is 3.58. The van der Waals surface area contributed by atoms with E-state index in [0.29, 0.717) is 25.3 Å². The molecule has 1 fully saturated rings. The molecule has 4 heteroatoms. The lowest BCUT2D eigenvalue weighted by Crippen LogP contribution is -2.35. The molecule has 1 unspecified atom stereocenters. The predicted octanol–water partition coefficient (Wildman–Crippen LogP) is 2.35. The third-order valence-corrected chi connectivity index (χ3v) is 4.33. The van der Waals surface area contributed by atoms with Crippen LogP contribution >= 0.6 is 0 Å². The van der Waals surface area contributed by atoms with E-state index in [0.717, 1.165) is 19.3 Å². The van der Waals surface area contributed by atoms with E-state index in [1.165, 1.54) is 12.0 Å². The number of amides is 1. The van der Waals surface area contributed by atoms with Gasteiger partial charge in [-0.3, -0.25) is 9.59 Å². The normalized spacial score (nSPS) is 30.2. The van der Waals surface area contributed by atoms with Gasteiger partial charge in [-0.15, -0.1) is 0 Å². The Hall–Kier alpha value is -1.32. The van der Waals surface area contributed by atoms with Crippen molar-refractivity contribution in [3.8, 4) is 0 Å². The molecule has 0 aromatic heterocycles. The van der Waals surface area contributed by atoms with E-state index in [4.69, 9.17) is 5.11 Å². The summed E-state index contributed by atoms with van der Waals surface area (Å²) in [5.74, 6) is -1.42. The number of carboxylic acids is 1. The molecule has 1 saturated carbocycles. The highest BCUT2D eigenvalue weighted by molar-refractivity contribution is 5.85. The minimum absolute atomic E-state index is 0.0738. The van der Waals surface area contributed by atoms with E-state index in [9.17, 15) is 9.59 Å². The molecule has 0 radical (unpaired) electrons. The zero-order valence-corrected chi connectivity index (χ0v) is 11.5. The zero-order valence-electron chi connectivity index (χ0n) is 11.5. The Bertz CT molecular complexity index is 389. The van der Waals surface area contributed by atoms with E-state index in [-0.39, 0.29) is 11.8 Å². The maximum atomic E-state index is 12.1. The van der Waals surface area contributed by atoms with E-state index in [1.807, 2.05) is 6.92 Å². The maximum absolute atomic E-state index is 12.1. The highest BCUT2D eigenvalue weighted by Gasteiger charge is 2.40. The molecule has 2 aliphatic rings. The summed E-state index contributed by atoms with van der Waals surface area (Å²) in [5.41, 5.74) is 1.43. The van der Waals surface area contributed by atoms with Crippen molar-refractivity contribution in [2.24, 2.45) is 17.8 Å². The smallest absolute Gasteiger partial charge is 0.307 e. The lowest BCUT2D eigenvalue weighted by Gasteiger charge is -2.15. The van der Waals surface area contributed by atoms with E-state index in [2.05, 4.69) is 11.4 Å². The monoisotopic (exact) mass is 265 g/mol. The molecule has 0 bridgehead atoms. The van der Waals surface area contributed by atoms with Crippen LogP contribution in [0.2, 0.25) is 0 Å². The van der Waals surface area contributed by atoms with Crippen LogP contribution in [-0.2, 0) is 9.59 Å². The summed E-state index contributed by atoms with van der Waals surface area (Å²) in [4.78, 5) is 23.2. The van der Waals surface area contributed by atoms with Crippen molar-refractivity contribution in [1.29, 1.82) is 0 Å². The van der Waals surface area contributed by atoms with Crippen LogP contribution in [0.15, 0.2) is 11.6 Å². The van der Waals surface area contributed by atoms with Gasteiger partial charge in [0.05, 0.1) is 11.8 Å². The minimum Gasteiger partial charge on any atom is -0.481 e. The van der Waals surface area contributed by atoms with Crippen LogP contribution in [0.3, 0.4) is 0 Å². The lowest BCUT2D eigenvalue weighted by atomic mass is 9.95. The molecule has 0 saturated heterocycles. The Labute approximate surface area is 114 Å². The van der Waals surface area contributed by atoms with Crippen molar-refractivity contribution in [3.05, 3.63) is 11.6 Å². The van der Waals surface area contributed by atoms with Gasteiger partial charge in [0, 0.05) is 6.54 Å². The second kappa shape index (κ2) is 6.22. The zero-order chi connectivity index (χ0) is 13.8. The summed E-state index contributed by atoms with van der Waals surface area (Å²) in [6.45, 7) is 2.66. The van der Waals surface area contributed by atoms with Crippen LogP contribution in [0, 0.1) is 17.8 Å². The summed E-state index contributed by atoms with van der Waals surface area (Å²) in [6, 6.07) is 0. The number of rotatable bonds is 5. The summed E-state index contributed by atoms with van der Waals surface area (Å²) in [5, 5.41) is 12.1. The van der Waals surface area contributed by atoms with Crippen molar-refractivity contribution in [2.45, 2.75) is 45.4 Å². The van der Waals surface area contributed by atoms with Gasteiger partial charge in [-0.25, -0.2) is 0 Å². The van der Waals surface area contributed by atoms with Gasteiger partial charge in [0.2, 0.25) is 5.91 Å². The first-order valence-corrected chi connectivity index (χ1v) is 7.26. The molecule has 2 aliphatic carbocycles. The molecule has 0 aromatic carbocycles. The summed E-state index contributed by atoms with van der Waals surface area (Å²) >= 11 is 0. The molecule has 2 rings (SSSR count). The molecule has 0 heterocycles. The van der Waals surface area contributed by atoms with Gasteiger partial charge >= 0.3 is 5.97 Å². The highest BCUT2D eigenvalue weighted by atomic mass is 16.4. The van der Waals surface area contributed by atoms with E-state index >= 15 is 0 Å². The van der Waals surface area contributed by atoms with Gasteiger partial charge < -0.3 is 10.4 Å². The average Bonchev–Trinajstić information content (AvgIpc) is 2.98. The number of carbonyl (C=O) groups excluding carboxylic acids is 1. The molecule has 1 amide bonds. The minimum atomic E-state index is -0.831. The van der Waals surface area contributed by atoms with Gasteiger partial charge in [0.25, 0.3) is 0 Å². The Morgan fingerprint density at radius 1 is 1.37 bits per heavy atom. The Morgan fingerprint density at radius 3 is 2.74 bits per heavy atom. The number of nitrogens with one attached hydrogen (secondary N) is 1. The number of carbonyl (C=O) groups is 2. The molecular weight excluding hydrogens is 242 g/mol. The molecule has 0 spiro atoms. The Balaban J connectivity index is 1.79. The SMILES string of the molecule is CC1C[C@H](C(=O)NCCC2=CCCC2)[C@H](C(=O)O)C1. The van der Waals surface area contributed by atoms with Crippen molar-refractivity contribution < 1.29 is 14.7 Å². The van der Waals surface area contributed by atoms with Gasteiger partial charge in [-0.1, -0.05) is 18.6 Å².